The molecule has 164 valence electrons. The maximum atomic E-state index is 14.3. The summed E-state index contributed by atoms with van der Waals surface area (Å²) in [6, 6.07) is 8.43. The van der Waals surface area contributed by atoms with Crippen LogP contribution in [0.4, 0.5) is 24.5 Å². The molecule has 0 radical (unpaired) electrons. The maximum Gasteiger partial charge on any atom is 0.387 e. The lowest BCUT2D eigenvalue weighted by molar-refractivity contribution is -0.385. The molecule has 0 N–H and O–H groups in total. The first-order valence-corrected chi connectivity index (χ1v) is 9.29. The highest BCUT2D eigenvalue weighted by atomic mass is 19.3. The number of nitro benzene ring substituents is 1. The summed E-state index contributed by atoms with van der Waals surface area (Å²) in [5.41, 5.74) is 0.568. The van der Waals surface area contributed by atoms with Gasteiger partial charge in [0.1, 0.15) is 5.82 Å². The number of hydrogen-bond acceptors (Lipinski definition) is 7. The van der Waals surface area contributed by atoms with Gasteiger partial charge < -0.3 is 14.4 Å². The number of alkyl halides is 2. The van der Waals surface area contributed by atoms with E-state index in [-0.39, 0.29) is 23.5 Å². The first kappa shape index (κ1) is 22.2. The monoisotopic (exact) mass is 436 g/mol. The summed E-state index contributed by atoms with van der Waals surface area (Å²) in [6.07, 6.45) is 0. The number of anilines is 1. The van der Waals surface area contributed by atoms with Crippen LogP contribution in [0, 0.1) is 27.3 Å². The average Bonchev–Trinajstić information content (AvgIpc) is 2.74. The van der Waals surface area contributed by atoms with Crippen LogP contribution in [0.25, 0.3) is 0 Å². The first-order chi connectivity index (χ1) is 14.8. The third-order valence-corrected chi connectivity index (χ3v) is 4.96. The molecule has 0 saturated carbocycles. The van der Waals surface area contributed by atoms with E-state index >= 15 is 0 Å². The van der Waals surface area contributed by atoms with E-state index in [1.54, 1.807) is 12.1 Å². The summed E-state index contributed by atoms with van der Waals surface area (Å²) in [5.74, 6) is -0.921. The predicted octanol–water partition coefficient (Wildman–Crippen LogP) is 3.54. The Kier molecular flexibility index (Phi) is 6.81. The second-order valence-corrected chi connectivity index (χ2v) is 6.81. The Morgan fingerprint density at radius 1 is 1.19 bits per heavy atom. The Balaban J connectivity index is 1.74. The highest BCUT2D eigenvalue weighted by Crippen LogP contribution is 2.36. The van der Waals surface area contributed by atoms with Gasteiger partial charge in [-0.05, 0) is 24.3 Å². The van der Waals surface area contributed by atoms with Crippen LogP contribution in [0.2, 0.25) is 0 Å². The number of benzene rings is 2. The fourth-order valence-corrected chi connectivity index (χ4v) is 3.46. The molecule has 3 rings (SSSR count). The molecule has 2 aromatic carbocycles. The van der Waals surface area contributed by atoms with Crippen molar-refractivity contribution in [3.63, 3.8) is 0 Å². The van der Waals surface area contributed by atoms with Crippen LogP contribution in [0.15, 0.2) is 30.3 Å². The van der Waals surface area contributed by atoms with E-state index in [1.807, 2.05) is 15.9 Å². The molecule has 0 spiro atoms. The fraction of sp³-hybridized carbons (Fsp3) is 0.350. The number of halogens is 3. The number of nitriles is 1. The number of ether oxygens (including phenoxy) is 2. The van der Waals surface area contributed by atoms with E-state index in [9.17, 15) is 23.3 Å². The molecule has 0 unspecified atom stereocenters. The lowest BCUT2D eigenvalue weighted by atomic mass is 10.1. The van der Waals surface area contributed by atoms with Crippen LogP contribution in [-0.2, 0) is 6.54 Å². The molecular weight excluding hydrogens is 417 g/mol. The van der Waals surface area contributed by atoms with Gasteiger partial charge in [-0.25, -0.2) is 4.39 Å². The Labute approximate surface area is 176 Å². The van der Waals surface area contributed by atoms with Gasteiger partial charge >= 0.3 is 6.61 Å². The van der Waals surface area contributed by atoms with Crippen molar-refractivity contribution in [3.05, 3.63) is 57.4 Å². The summed E-state index contributed by atoms with van der Waals surface area (Å²) in [4.78, 5) is 14.6. The maximum absolute atomic E-state index is 14.3. The first-order valence-electron chi connectivity index (χ1n) is 9.29. The van der Waals surface area contributed by atoms with Gasteiger partial charge in [0.05, 0.1) is 35.4 Å². The molecule has 1 fully saturated rings. The Morgan fingerprint density at radius 3 is 2.45 bits per heavy atom. The molecule has 1 saturated heterocycles. The molecule has 1 aliphatic heterocycles. The van der Waals surface area contributed by atoms with Gasteiger partial charge in [-0.3, -0.25) is 15.0 Å². The highest BCUT2D eigenvalue weighted by molar-refractivity contribution is 5.55. The topological polar surface area (TPSA) is 91.9 Å². The van der Waals surface area contributed by atoms with Crippen molar-refractivity contribution < 1.29 is 27.6 Å². The molecule has 31 heavy (non-hydrogen) atoms. The summed E-state index contributed by atoms with van der Waals surface area (Å²) in [5, 5.41) is 20.3. The smallest absolute Gasteiger partial charge is 0.387 e. The Morgan fingerprint density at radius 2 is 1.90 bits per heavy atom. The van der Waals surface area contributed by atoms with Crippen molar-refractivity contribution in [1.29, 1.82) is 5.26 Å². The van der Waals surface area contributed by atoms with Crippen molar-refractivity contribution in [2.24, 2.45) is 0 Å². The van der Waals surface area contributed by atoms with Crippen LogP contribution in [0.3, 0.4) is 0 Å². The van der Waals surface area contributed by atoms with E-state index in [2.05, 4.69) is 4.74 Å². The van der Waals surface area contributed by atoms with Crippen molar-refractivity contribution in [3.8, 4) is 17.6 Å². The molecule has 0 amide bonds. The van der Waals surface area contributed by atoms with Crippen LogP contribution in [0.5, 0.6) is 11.5 Å². The number of methoxy groups -OCH3 is 1. The van der Waals surface area contributed by atoms with E-state index < -0.39 is 23.1 Å². The number of piperazine rings is 1. The molecule has 0 aliphatic carbocycles. The third kappa shape index (κ3) is 5.16. The normalized spacial score (nSPS) is 14.4. The quantitative estimate of drug-likeness (QED) is 0.484. The highest BCUT2D eigenvalue weighted by Gasteiger charge is 2.25. The zero-order chi connectivity index (χ0) is 22.5. The van der Waals surface area contributed by atoms with E-state index in [0.29, 0.717) is 37.4 Å². The van der Waals surface area contributed by atoms with Gasteiger partial charge in [0.15, 0.2) is 11.5 Å². The van der Waals surface area contributed by atoms with Crippen LogP contribution in [-0.4, -0.2) is 49.7 Å². The van der Waals surface area contributed by atoms with Gasteiger partial charge in [-0.2, -0.15) is 14.0 Å². The van der Waals surface area contributed by atoms with Gasteiger partial charge in [0.2, 0.25) is 0 Å². The van der Waals surface area contributed by atoms with Crippen LogP contribution >= 0.6 is 0 Å². The number of rotatable bonds is 7. The lowest BCUT2D eigenvalue weighted by Crippen LogP contribution is -2.46. The number of nitrogens with zero attached hydrogens (tertiary/aromatic N) is 4. The molecule has 11 heteroatoms. The molecule has 0 atom stereocenters. The summed E-state index contributed by atoms with van der Waals surface area (Å²) in [6.45, 7) is -1.02. The van der Waals surface area contributed by atoms with Crippen LogP contribution < -0.4 is 14.4 Å². The molecule has 0 bridgehead atoms. The zero-order valence-electron chi connectivity index (χ0n) is 16.6. The molecule has 0 aromatic heterocycles. The molecule has 2 aromatic rings. The largest absolute Gasteiger partial charge is 0.493 e. The second-order valence-electron chi connectivity index (χ2n) is 6.81. The second kappa shape index (κ2) is 9.53. The van der Waals surface area contributed by atoms with Crippen molar-refractivity contribution in [1.82, 2.24) is 4.90 Å². The van der Waals surface area contributed by atoms with Crippen molar-refractivity contribution in [2.75, 3.05) is 38.2 Å². The number of hydrogen-bond donors (Lipinski definition) is 0. The van der Waals surface area contributed by atoms with Crippen LogP contribution in [0.1, 0.15) is 11.1 Å². The summed E-state index contributed by atoms with van der Waals surface area (Å²) < 4.78 is 48.8. The minimum absolute atomic E-state index is 0.0285. The summed E-state index contributed by atoms with van der Waals surface area (Å²) in [7, 11) is 1.26. The minimum atomic E-state index is -3.14. The average molecular weight is 436 g/mol. The van der Waals surface area contributed by atoms with Crippen molar-refractivity contribution in [2.45, 2.75) is 13.2 Å². The van der Waals surface area contributed by atoms with Gasteiger partial charge in [-0.15, -0.1) is 0 Å². The van der Waals surface area contributed by atoms with Gasteiger partial charge in [-0.1, -0.05) is 0 Å². The minimum Gasteiger partial charge on any atom is -0.493 e. The zero-order valence-corrected chi connectivity index (χ0v) is 16.6. The molecule has 1 aliphatic rings. The van der Waals surface area contributed by atoms with E-state index in [0.717, 1.165) is 6.07 Å². The molecule has 8 nitrogen and oxygen atoms in total. The SMILES string of the molecule is COc1cc(CN2CCN(c3ccc(C#N)cc3F)CC2)c([N+](=O)[O-])cc1OC(F)F. The Bertz CT molecular complexity index is 1000. The summed E-state index contributed by atoms with van der Waals surface area (Å²) >= 11 is 0. The Hall–Kier alpha value is -3.52. The lowest BCUT2D eigenvalue weighted by Gasteiger charge is -2.36. The van der Waals surface area contributed by atoms with Crippen molar-refractivity contribution >= 4 is 11.4 Å². The van der Waals surface area contributed by atoms with E-state index in [4.69, 9.17) is 10.00 Å². The number of nitro groups is 1. The third-order valence-electron chi connectivity index (χ3n) is 4.96. The molecular formula is C20H19F3N4O4. The standard InChI is InChI=1S/C20H19F3N4O4/c1-30-18-9-14(17(27(28)29)10-19(18)31-20(22)23)12-25-4-6-26(7-5-25)16-3-2-13(11-24)8-15(16)21/h2-3,8-10,20H,4-7,12H2,1H3. The fourth-order valence-electron chi connectivity index (χ4n) is 3.46. The van der Waals surface area contributed by atoms with Gasteiger partial charge in [0, 0.05) is 38.3 Å². The predicted molar refractivity (Wildman–Crippen MR) is 105 cm³/mol. The van der Waals surface area contributed by atoms with Gasteiger partial charge in [0.25, 0.3) is 5.69 Å². The molecule has 1 heterocycles. The van der Waals surface area contributed by atoms with E-state index in [1.165, 1.54) is 19.2 Å².